The van der Waals surface area contributed by atoms with Crippen molar-refractivity contribution in [3.63, 3.8) is 0 Å². The third-order valence-electron chi connectivity index (χ3n) is 3.02. The summed E-state index contributed by atoms with van der Waals surface area (Å²) in [4.78, 5) is 2.26. The average molecular weight is 216 g/mol. The van der Waals surface area contributed by atoms with Crippen LogP contribution < -0.4 is 9.64 Å². The first-order chi connectivity index (χ1) is 7.83. The van der Waals surface area contributed by atoms with Crippen molar-refractivity contribution >= 4 is 5.69 Å². The minimum atomic E-state index is 0.167. The van der Waals surface area contributed by atoms with Gasteiger partial charge in [-0.15, -0.1) is 0 Å². The molecule has 0 aromatic heterocycles. The molecular weight excluding hydrogens is 200 g/mol. The molecule has 1 heterocycles. The van der Waals surface area contributed by atoms with Gasteiger partial charge < -0.3 is 9.64 Å². The fraction of sp³-hybridized carbons (Fsp3) is 0.462. The van der Waals surface area contributed by atoms with Crippen LogP contribution in [0.2, 0.25) is 0 Å². The highest BCUT2D eigenvalue weighted by molar-refractivity contribution is 5.51. The molecule has 1 saturated heterocycles. The summed E-state index contributed by atoms with van der Waals surface area (Å²) in [5, 5.41) is 8.96. The number of rotatable bonds is 2. The molecule has 0 bridgehead atoms. The summed E-state index contributed by atoms with van der Waals surface area (Å²) in [5.41, 5.74) is 1.15. The van der Waals surface area contributed by atoms with Gasteiger partial charge in [0.25, 0.3) is 0 Å². The van der Waals surface area contributed by atoms with Crippen LogP contribution in [0.3, 0.4) is 0 Å². The zero-order valence-corrected chi connectivity index (χ0v) is 9.52. The quantitative estimate of drug-likeness (QED) is 0.761. The molecule has 0 spiro atoms. The molecule has 3 nitrogen and oxygen atoms in total. The van der Waals surface area contributed by atoms with E-state index in [1.807, 2.05) is 18.2 Å². The van der Waals surface area contributed by atoms with Gasteiger partial charge in [-0.25, -0.2) is 0 Å². The summed E-state index contributed by atoms with van der Waals surface area (Å²) < 4.78 is 5.21. The molecule has 0 N–H and O–H groups in total. The third-order valence-corrected chi connectivity index (χ3v) is 3.02. The monoisotopic (exact) mass is 216 g/mol. The van der Waals surface area contributed by atoms with Crippen molar-refractivity contribution in [2.24, 2.45) is 5.92 Å². The van der Waals surface area contributed by atoms with E-state index in [4.69, 9.17) is 10.00 Å². The Kier molecular flexibility index (Phi) is 3.31. The molecule has 1 aliphatic rings. The van der Waals surface area contributed by atoms with E-state index >= 15 is 0 Å². The Morgan fingerprint density at radius 2 is 2.38 bits per heavy atom. The van der Waals surface area contributed by atoms with E-state index in [2.05, 4.69) is 17.0 Å². The van der Waals surface area contributed by atoms with Gasteiger partial charge in [0.15, 0.2) is 0 Å². The van der Waals surface area contributed by atoms with Gasteiger partial charge in [-0.05, 0) is 25.0 Å². The zero-order valence-electron chi connectivity index (χ0n) is 9.52. The molecule has 1 unspecified atom stereocenters. The van der Waals surface area contributed by atoms with Crippen LogP contribution in [-0.2, 0) is 0 Å². The maximum Gasteiger partial charge on any atom is 0.120 e. The lowest BCUT2D eigenvalue weighted by Gasteiger charge is -2.31. The second kappa shape index (κ2) is 4.89. The van der Waals surface area contributed by atoms with Crippen LogP contribution in [0.5, 0.6) is 5.75 Å². The first-order valence-corrected chi connectivity index (χ1v) is 5.62. The van der Waals surface area contributed by atoms with Crippen molar-refractivity contribution in [1.29, 1.82) is 5.26 Å². The van der Waals surface area contributed by atoms with Crippen molar-refractivity contribution in [2.45, 2.75) is 12.8 Å². The predicted molar refractivity (Wildman–Crippen MR) is 63.5 cm³/mol. The molecule has 3 heteroatoms. The van der Waals surface area contributed by atoms with E-state index in [1.54, 1.807) is 7.11 Å². The van der Waals surface area contributed by atoms with Crippen molar-refractivity contribution in [2.75, 3.05) is 25.1 Å². The molecule has 0 amide bonds. The molecule has 1 fully saturated rings. The molecule has 1 aromatic rings. The van der Waals surface area contributed by atoms with Crippen LogP contribution in [0.1, 0.15) is 12.8 Å². The van der Waals surface area contributed by atoms with Crippen molar-refractivity contribution in [3.8, 4) is 11.8 Å². The Labute approximate surface area is 96.2 Å². The molecule has 16 heavy (non-hydrogen) atoms. The summed E-state index contributed by atoms with van der Waals surface area (Å²) in [6.07, 6.45) is 2.12. The predicted octanol–water partition coefficient (Wildman–Crippen LogP) is 2.44. The average Bonchev–Trinajstić information content (AvgIpc) is 2.39. The lowest BCUT2D eigenvalue weighted by Crippen LogP contribution is -2.34. The Hall–Kier alpha value is -1.69. The highest BCUT2D eigenvalue weighted by Gasteiger charge is 2.19. The fourth-order valence-corrected chi connectivity index (χ4v) is 2.12. The minimum absolute atomic E-state index is 0.167. The Morgan fingerprint density at radius 1 is 1.50 bits per heavy atom. The molecule has 2 rings (SSSR count). The number of hydrogen-bond acceptors (Lipinski definition) is 3. The molecule has 0 aliphatic carbocycles. The van der Waals surface area contributed by atoms with Crippen LogP contribution in [0.15, 0.2) is 24.3 Å². The normalized spacial score (nSPS) is 20.2. The lowest BCUT2D eigenvalue weighted by atomic mass is 9.99. The van der Waals surface area contributed by atoms with E-state index in [0.29, 0.717) is 0 Å². The maximum absolute atomic E-state index is 8.96. The highest BCUT2D eigenvalue weighted by atomic mass is 16.5. The number of hydrogen-bond donors (Lipinski definition) is 0. The van der Waals surface area contributed by atoms with E-state index in [0.717, 1.165) is 37.4 Å². The number of nitriles is 1. The third kappa shape index (κ3) is 2.27. The van der Waals surface area contributed by atoms with Crippen LogP contribution in [0.25, 0.3) is 0 Å². The number of piperidine rings is 1. The Bertz CT molecular complexity index is 397. The summed E-state index contributed by atoms with van der Waals surface area (Å²) in [7, 11) is 1.67. The van der Waals surface area contributed by atoms with Gasteiger partial charge in [0, 0.05) is 24.8 Å². The number of ether oxygens (including phenoxy) is 1. The van der Waals surface area contributed by atoms with Gasteiger partial charge >= 0.3 is 0 Å². The molecule has 84 valence electrons. The highest BCUT2D eigenvalue weighted by Crippen LogP contribution is 2.25. The standard InChI is InChI=1S/C13H16N2O/c1-16-13-6-2-5-12(8-13)15-7-3-4-11(9-14)10-15/h2,5-6,8,11H,3-4,7,10H2,1H3. The van der Waals surface area contributed by atoms with Gasteiger partial charge in [0.1, 0.15) is 5.75 Å². The number of benzene rings is 1. The van der Waals surface area contributed by atoms with Gasteiger partial charge in [-0.2, -0.15) is 5.26 Å². The first kappa shape index (κ1) is 10.8. The number of methoxy groups -OCH3 is 1. The van der Waals surface area contributed by atoms with E-state index in [9.17, 15) is 0 Å². The smallest absolute Gasteiger partial charge is 0.120 e. The molecular formula is C13H16N2O. The van der Waals surface area contributed by atoms with Crippen molar-refractivity contribution < 1.29 is 4.74 Å². The zero-order chi connectivity index (χ0) is 11.4. The number of nitrogens with zero attached hydrogens (tertiary/aromatic N) is 2. The Morgan fingerprint density at radius 3 is 3.12 bits per heavy atom. The molecule has 1 atom stereocenters. The first-order valence-electron chi connectivity index (χ1n) is 5.62. The molecule has 1 aliphatic heterocycles. The fourth-order valence-electron chi connectivity index (χ4n) is 2.12. The second-order valence-corrected chi connectivity index (χ2v) is 4.12. The van der Waals surface area contributed by atoms with Crippen molar-refractivity contribution in [3.05, 3.63) is 24.3 Å². The van der Waals surface area contributed by atoms with Gasteiger partial charge in [0.2, 0.25) is 0 Å². The maximum atomic E-state index is 8.96. The largest absolute Gasteiger partial charge is 0.497 e. The van der Waals surface area contributed by atoms with E-state index in [1.165, 1.54) is 0 Å². The summed E-state index contributed by atoms with van der Waals surface area (Å²) in [6, 6.07) is 10.4. The SMILES string of the molecule is COc1cccc(N2CCCC(C#N)C2)c1. The topological polar surface area (TPSA) is 36.3 Å². The lowest BCUT2D eigenvalue weighted by molar-refractivity contribution is 0.414. The minimum Gasteiger partial charge on any atom is -0.497 e. The van der Waals surface area contributed by atoms with Crippen LogP contribution in [0.4, 0.5) is 5.69 Å². The van der Waals surface area contributed by atoms with Crippen LogP contribution in [0, 0.1) is 17.2 Å². The van der Waals surface area contributed by atoms with Gasteiger partial charge in [-0.3, -0.25) is 0 Å². The van der Waals surface area contributed by atoms with Gasteiger partial charge in [-0.1, -0.05) is 6.07 Å². The van der Waals surface area contributed by atoms with Crippen molar-refractivity contribution in [1.82, 2.24) is 0 Å². The van der Waals surface area contributed by atoms with Crippen LogP contribution in [-0.4, -0.2) is 20.2 Å². The van der Waals surface area contributed by atoms with E-state index in [-0.39, 0.29) is 5.92 Å². The molecule has 0 radical (unpaired) electrons. The van der Waals surface area contributed by atoms with Crippen LogP contribution >= 0.6 is 0 Å². The second-order valence-electron chi connectivity index (χ2n) is 4.12. The number of anilines is 1. The molecule has 1 aromatic carbocycles. The van der Waals surface area contributed by atoms with Gasteiger partial charge in [0.05, 0.1) is 19.1 Å². The Balaban J connectivity index is 2.14. The van der Waals surface area contributed by atoms with E-state index < -0.39 is 0 Å². The summed E-state index contributed by atoms with van der Waals surface area (Å²) >= 11 is 0. The summed E-state index contributed by atoms with van der Waals surface area (Å²) in [6.45, 7) is 1.87. The molecule has 0 saturated carbocycles. The summed E-state index contributed by atoms with van der Waals surface area (Å²) in [5.74, 6) is 1.04.